The minimum absolute atomic E-state index is 0.128. The number of pyridine rings is 2. The number of halogens is 3. The summed E-state index contributed by atoms with van der Waals surface area (Å²) in [5.41, 5.74) is 3.98. The van der Waals surface area contributed by atoms with E-state index in [-0.39, 0.29) is 17.3 Å². The number of hydrogen-bond donors (Lipinski definition) is 1. The van der Waals surface area contributed by atoms with E-state index in [1.165, 1.54) is 6.07 Å². The molecule has 0 aliphatic carbocycles. The van der Waals surface area contributed by atoms with Crippen LogP contribution in [-0.4, -0.2) is 32.3 Å². The molecule has 0 aliphatic rings. The SMILES string of the molecule is CCOC(=O)C(Cc1ccc(-c2ccc(C(F)(F)F)cn2)cc1)c1[nH]c2ccc(SCc3ccccn3)cc2c1SC(C)(C)C. The van der Waals surface area contributed by atoms with Crippen LogP contribution >= 0.6 is 23.5 Å². The second kappa shape index (κ2) is 13.7. The minimum atomic E-state index is -4.44. The number of rotatable bonds is 10. The zero-order valence-electron chi connectivity index (χ0n) is 25.4. The molecule has 0 radical (unpaired) electrons. The van der Waals surface area contributed by atoms with Gasteiger partial charge in [-0.25, -0.2) is 0 Å². The Bertz CT molecular complexity index is 1750. The molecular weight excluding hydrogens is 616 g/mol. The summed E-state index contributed by atoms with van der Waals surface area (Å²) in [5, 5.41) is 1.05. The molecule has 1 N–H and O–H groups in total. The highest BCUT2D eigenvalue weighted by molar-refractivity contribution is 8.01. The number of carbonyl (C=O) groups excluding carboxylic acids is 1. The standard InChI is InChI=1S/C35H34F3N3O2S2/c1-5-43-33(42)28(18-22-9-11-23(12-10-22)29-15-13-24(20-40-29)35(36,37)38)31-32(45-34(2,3)4)27-19-26(14-16-30(27)41-31)44-21-25-8-6-7-17-39-25/h6-17,19-20,28,41H,5,18,21H2,1-4H3. The largest absolute Gasteiger partial charge is 0.465 e. The fraction of sp³-hybridized carbons (Fsp3) is 0.286. The molecule has 1 atom stereocenters. The molecule has 1 unspecified atom stereocenters. The van der Waals surface area contributed by atoms with Gasteiger partial charge in [0.25, 0.3) is 0 Å². The van der Waals surface area contributed by atoms with Crippen LogP contribution < -0.4 is 0 Å². The Labute approximate surface area is 269 Å². The Morgan fingerprint density at radius 1 is 0.978 bits per heavy atom. The summed E-state index contributed by atoms with van der Waals surface area (Å²) in [6, 6.07) is 22.0. The van der Waals surface area contributed by atoms with Gasteiger partial charge in [-0.05, 0) is 61.4 Å². The lowest BCUT2D eigenvalue weighted by Crippen LogP contribution is -2.20. The molecule has 0 saturated heterocycles. The Morgan fingerprint density at radius 3 is 2.38 bits per heavy atom. The van der Waals surface area contributed by atoms with E-state index in [1.807, 2.05) is 42.5 Å². The van der Waals surface area contributed by atoms with E-state index >= 15 is 0 Å². The Morgan fingerprint density at radius 2 is 1.76 bits per heavy atom. The van der Waals surface area contributed by atoms with E-state index in [0.717, 1.165) is 55.7 Å². The summed E-state index contributed by atoms with van der Waals surface area (Å²) in [7, 11) is 0. The highest BCUT2D eigenvalue weighted by Crippen LogP contribution is 2.44. The molecule has 2 aromatic carbocycles. The van der Waals surface area contributed by atoms with Crippen LogP contribution in [0.2, 0.25) is 0 Å². The van der Waals surface area contributed by atoms with Gasteiger partial charge in [-0.1, -0.05) is 51.1 Å². The fourth-order valence-corrected chi connectivity index (χ4v) is 6.93. The number of nitrogens with one attached hydrogen (secondary N) is 1. The Hall–Kier alpha value is -3.76. The first kappa shape index (κ1) is 32.6. The molecule has 3 aromatic heterocycles. The second-order valence-corrected chi connectivity index (χ2v) is 14.4. The molecule has 45 heavy (non-hydrogen) atoms. The summed E-state index contributed by atoms with van der Waals surface area (Å²) in [6.45, 7) is 8.49. The molecule has 3 heterocycles. The number of aromatic nitrogens is 3. The molecule has 10 heteroatoms. The highest BCUT2D eigenvalue weighted by Gasteiger charge is 2.32. The van der Waals surface area contributed by atoms with Gasteiger partial charge in [-0.2, -0.15) is 13.2 Å². The first-order valence-corrected chi connectivity index (χ1v) is 16.4. The van der Waals surface area contributed by atoms with Gasteiger partial charge in [0.05, 0.1) is 23.6 Å². The Kier molecular flexibility index (Phi) is 9.94. The first-order chi connectivity index (χ1) is 21.4. The number of esters is 1. The van der Waals surface area contributed by atoms with E-state index in [4.69, 9.17) is 4.74 Å². The lowest BCUT2D eigenvalue weighted by Gasteiger charge is -2.21. The number of alkyl halides is 3. The molecule has 5 nitrogen and oxygen atoms in total. The number of thioether (sulfide) groups is 2. The van der Waals surface area contributed by atoms with E-state index in [0.29, 0.717) is 17.7 Å². The number of hydrogen-bond acceptors (Lipinski definition) is 6. The van der Waals surface area contributed by atoms with Crippen LogP contribution in [0.15, 0.2) is 95.0 Å². The van der Waals surface area contributed by atoms with Crippen LogP contribution in [0.1, 0.15) is 56.1 Å². The van der Waals surface area contributed by atoms with Crippen molar-refractivity contribution in [2.45, 2.75) is 66.5 Å². The Balaban J connectivity index is 1.47. The van der Waals surface area contributed by atoms with Crippen molar-refractivity contribution < 1.29 is 22.7 Å². The first-order valence-electron chi connectivity index (χ1n) is 14.6. The monoisotopic (exact) mass is 649 g/mol. The van der Waals surface area contributed by atoms with Gasteiger partial charge in [-0.3, -0.25) is 14.8 Å². The number of H-pyrrole nitrogens is 1. The minimum Gasteiger partial charge on any atom is -0.465 e. The molecule has 5 rings (SSSR count). The number of ether oxygens (including phenoxy) is 1. The van der Waals surface area contributed by atoms with Crippen LogP contribution in [0.25, 0.3) is 22.2 Å². The van der Waals surface area contributed by atoms with Crippen molar-refractivity contribution in [1.29, 1.82) is 0 Å². The topological polar surface area (TPSA) is 67.9 Å². The van der Waals surface area contributed by atoms with Crippen molar-refractivity contribution in [2.24, 2.45) is 0 Å². The molecule has 0 saturated carbocycles. The molecule has 0 spiro atoms. The van der Waals surface area contributed by atoms with Crippen molar-refractivity contribution in [2.75, 3.05) is 6.61 Å². The quantitative estimate of drug-likeness (QED) is 0.120. The number of carbonyl (C=O) groups is 1. The summed E-state index contributed by atoms with van der Waals surface area (Å²) in [5.74, 6) is -0.172. The lowest BCUT2D eigenvalue weighted by atomic mass is 9.95. The van der Waals surface area contributed by atoms with E-state index in [1.54, 1.807) is 36.6 Å². The zero-order chi connectivity index (χ0) is 32.2. The predicted molar refractivity (Wildman–Crippen MR) is 175 cm³/mol. The molecule has 234 valence electrons. The number of benzene rings is 2. The summed E-state index contributed by atoms with van der Waals surface area (Å²) < 4.78 is 44.4. The number of aromatic amines is 1. The smallest absolute Gasteiger partial charge is 0.417 e. The van der Waals surface area contributed by atoms with E-state index in [2.05, 4.69) is 53.9 Å². The molecule has 0 aliphatic heterocycles. The average Bonchev–Trinajstić information content (AvgIpc) is 3.35. The van der Waals surface area contributed by atoms with Crippen LogP contribution in [0, 0.1) is 0 Å². The van der Waals surface area contributed by atoms with Crippen molar-refractivity contribution in [3.63, 3.8) is 0 Å². The average molecular weight is 650 g/mol. The van der Waals surface area contributed by atoms with Crippen LogP contribution in [0.3, 0.4) is 0 Å². The van der Waals surface area contributed by atoms with Crippen LogP contribution in [0.4, 0.5) is 13.2 Å². The maximum Gasteiger partial charge on any atom is 0.417 e. The van der Waals surface area contributed by atoms with Gasteiger partial charge in [0.15, 0.2) is 0 Å². The third-order valence-electron chi connectivity index (χ3n) is 6.97. The summed E-state index contributed by atoms with van der Waals surface area (Å²) in [4.78, 5) is 27.6. The van der Waals surface area contributed by atoms with Gasteiger partial charge in [0.1, 0.15) is 5.92 Å². The zero-order valence-corrected chi connectivity index (χ0v) is 27.1. The van der Waals surface area contributed by atoms with Crippen LogP contribution in [-0.2, 0) is 27.9 Å². The maximum absolute atomic E-state index is 13.5. The summed E-state index contributed by atoms with van der Waals surface area (Å²) in [6.07, 6.45) is -1.42. The third-order valence-corrected chi connectivity index (χ3v) is 9.25. The van der Waals surface area contributed by atoms with Crippen molar-refractivity contribution in [3.05, 3.63) is 108 Å². The molecular formula is C35H34F3N3O2S2. The molecule has 0 bridgehead atoms. The lowest BCUT2D eigenvalue weighted by molar-refractivity contribution is -0.145. The third kappa shape index (κ3) is 8.29. The highest BCUT2D eigenvalue weighted by atomic mass is 32.2. The molecule has 0 amide bonds. The van der Waals surface area contributed by atoms with Gasteiger partial charge in [0, 0.05) is 54.8 Å². The predicted octanol–water partition coefficient (Wildman–Crippen LogP) is 9.72. The van der Waals surface area contributed by atoms with Gasteiger partial charge < -0.3 is 9.72 Å². The van der Waals surface area contributed by atoms with E-state index in [9.17, 15) is 18.0 Å². The molecule has 5 aromatic rings. The van der Waals surface area contributed by atoms with Crippen molar-refractivity contribution >= 4 is 40.4 Å². The molecule has 0 fully saturated rings. The fourth-order valence-electron chi connectivity index (χ4n) is 4.88. The van der Waals surface area contributed by atoms with Gasteiger partial charge in [-0.15, -0.1) is 23.5 Å². The van der Waals surface area contributed by atoms with Gasteiger partial charge >= 0.3 is 12.1 Å². The maximum atomic E-state index is 13.5. The second-order valence-electron chi connectivity index (χ2n) is 11.5. The van der Waals surface area contributed by atoms with Gasteiger partial charge in [0.2, 0.25) is 0 Å². The number of nitrogens with zero attached hydrogens (tertiary/aromatic N) is 2. The van der Waals surface area contributed by atoms with E-state index < -0.39 is 17.7 Å². The van der Waals surface area contributed by atoms with Crippen molar-refractivity contribution in [3.8, 4) is 11.3 Å². The summed E-state index contributed by atoms with van der Waals surface area (Å²) >= 11 is 3.43. The normalized spacial score (nSPS) is 12.8. The van der Waals surface area contributed by atoms with Crippen molar-refractivity contribution in [1.82, 2.24) is 15.0 Å². The number of fused-ring (bicyclic) bond motifs is 1. The van der Waals surface area contributed by atoms with Crippen LogP contribution in [0.5, 0.6) is 0 Å².